The predicted molar refractivity (Wildman–Crippen MR) is 208 cm³/mol. The normalized spacial score (nSPS) is 13.2. The van der Waals surface area contributed by atoms with Gasteiger partial charge in [-0.3, -0.25) is 19.3 Å². The molecule has 1 aromatic carbocycles. The Labute approximate surface area is 356 Å². The van der Waals surface area contributed by atoms with Crippen LogP contribution in [0.15, 0.2) is 24.3 Å². The van der Waals surface area contributed by atoms with E-state index in [-0.39, 0.29) is 31.2 Å². The van der Waals surface area contributed by atoms with Crippen LogP contribution in [0.25, 0.3) is 0 Å². The van der Waals surface area contributed by atoms with Crippen LogP contribution in [0.1, 0.15) is 105 Å². The largest absolute Gasteiger partial charge is 0.460 e. The number of unbranched alkanes of at least 4 members (excludes halogenated alkanes) is 3. The fourth-order valence-corrected chi connectivity index (χ4v) is 5.21. The van der Waals surface area contributed by atoms with Crippen LogP contribution in [0.2, 0.25) is 0 Å². The Hall–Kier alpha value is -6.17. The lowest BCUT2D eigenvalue weighted by atomic mass is 9.99. The molecular weight excluding hydrogens is 832 g/mol. The number of nitrogens with zero attached hydrogens (tertiary/aromatic N) is 2. The topological polar surface area (TPSA) is 327 Å². The summed E-state index contributed by atoms with van der Waals surface area (Å²) in [4.78, 5) is 121. The Balaban J connectivity index is 2.80. The van der Waals surface area contributed by atoms with Gasteiger partial charge in [0.05, 0.1) is 6.61 Å². The van der Waals surface area contributed by atoms with Crippen LogP contribution in [-0.2, 0) is 78.2 Å². The first-order chi connectivity index (χ1) is 28.9. The Morgan fingerprint density at radius 3 is 1.87 bits per heavy atom. The Morgan fingerprint density at radius 1 is 0.694 bits per heavy atom. The van der Waals surface area contributed by atoms with Gasteiger partial charge in [-0.25, -0.2) is 29.9 Å². The van der Waals surface area contributed by atoms with Crippen LogP contribution in [0, 0.1) is 20.2 Å². The van der Waals surface area contributed by atoms with Gasteiger partial charge in [-0.15, -0.1) is 20.2 Å². The first kappa shape index (κ1) is 53.8. The van der Waals surface area contributed by atoms with Gasteiger partial charge in [-0.2, -0.15) is 0 Å². The molecule has 1 aromatic rings. The predicted octanol–water partition coefficient (Wildman–Crippen LogP) is 2.49. The van der Waals surface area contributed by atoms with E-state index in [0.29, 0.717) is 50.5 Å². The number of esters is 6. The Bertz CT molecular complexity index is 1680. The van der Waals surface area contributed by atoms with Gasteiger partial charge in [-0.05, 0) is 105 Å². The molecule has 24 heteroatoms. The fourth-order valence-electron chi connectivity index (χ4n) is 5.21. The van der Waals surface area contributed by atoms with E-state index in [0.717, 1.165) is 6.92 Å². The second-order valence-electron chi connectivity index (χ2n) is 15.0. The van der Waals surface area contributed by atoms with Crippen molar-refractivity contribution in [2.45, 2.75) is 142 Å². The van der Waals surface area contributed by atoms with Gasteiger partial charge in [-0.1, -0.05) is 18.6 Å². The van der Waals surface area contributed by atoms with Gasteiger partial charge >= 0.3 is 35.8 Å². The second kappa shape index (κ2) is 26.9. The maximum absolute atomic E-state index is 13.4. The molecule has 0 bridgehead atoms. The van der Waals surface area contributed by atoms with Gasteiger partial charge in [0.1, 0.15) is 23.0 Å². The zero-order chi connectivity index (χ0) is 47.0. The van der Waals surface area contributed by atoms with Gasteiger partial charge in [0.25, 0.3) is 16.1 Å². The van der Waals surface area contributed by atoms with E-state index in [4.69, 9.17) is 34.3 Å². The highest BCUT2D eigenvalue weighted by atomic mass is 17.0. The molecule has 0 aliphatic carbocycles. The summed E-state index contributed by atoms with van der Waals surface area (Å²) >= 11 is 0. The maximum Gasteiger partial charge on any atom is 0.352 e. The molecule has 0 aliphatic heterocycles. The van der Waals surface area contributed by atoms with E-state index in [1.54, 1.807) is 27.7 Å². The fraction of sp³-hybridized carbons (Fsp3) is 0.658. The molecule has 24 nitrogen and oxygen atoms in total. The lowest BCUT2D eigenvalue weighted by Gasteiger charge is -2.27. The minimum atomic E-state index is -1.60. The average molecular weight is 889 g/mol. The smallest absolute Gasteiger partial charge is 0.352 e. The molecule has 0 saturated heterocycles. The van der Waals surface area contributed by atoms with Gasteiger partial charge in [0.2, 0.25) is 6.10 Å². The number of nitrogens with two attached hydrogens (primary N) is 1. The number of nitrogens with one attached hydrogen (secondary N) is 1. The van der Waals surface area contributed by atoms with Crippen molar-refractivity contribution < 1.29 is 86.7 Å². The van der Waals surface area contributed by atoms with E-state index in [2.05, 4.69) is 19.8 Å². The van der Waals surface area contributed by atoms with Crippen molar-refractivity contribution in [1.29, 1.82) is 0 Å². The van der Waals surface area contributed by atoms with Crippen LogP contribution >= 0.6 is 0 Å². The van der Waals surface area contributed by atoms with Crippen LogP contribution in [-0.4, -0.2) is 107 Å². The molecular formula is C38H56N4O20. The molecule has 4 atom stereocenters. The van der Waals surface area contributed by atoms with E-state index in [1.807, 2.05) is 0 Å². The molecule has 3 N–H and O–H groups in total. The van der Waals surface area contributed by atoms with Crippen molar-refractivity contribution in [2.24, 2.45) is 5.90 Å². The maximum atomic E-state index is 13.4. The van der Waals surface area contributed by atoms with E-state index in [9.17, 15) is 53.8 Å². The van der Waals surface area contributed by atoms with Crippen molar-refractivity contribution in [3.8, 4) is 5.75 Å². The monoisotopic (exact) mass is 888 g/mol. The van der Waals surface area contributed by atoms with Crippen LogP contribution in [0.3, 0.4) is 0 Å². The van der Waals surface area contributed by atoms with Gasteiger partial charge in [0.15, 0.2) is 25.4 Å². The minimum absolute atomic E-state index is 0.0248. The molecule has 0 radical (unpaired) electrons. The summed E-state index contributed by atoms with van der Waals surface area (Å²) in [5.74, 6) is -1.62. The van der Waals surface area contributed by atoms with Crippen LogP contribution < -0.4 is 16.0 Å². The molecule has 4 unspecified atom stereocenters. The van der Waals surface area contributed by atoms with Gasteiger partial charge < -0.3 is 38.6 Å². The lowest BCUT2D eigenvalue weighted by molar-refractivity contribution is -0.764. The number of amides is 1. The lowest BCUT2D eigenvalue weighted by Crippen LogP contribution is -2.47. The van der Waals surface area contributed by atoms with Crippen LogP contribution in [0.5, 0.6) is 5.75 Å². The number of hydrogen-bond acceptors (Lipinski definition) is 21. The molecule has 0 aliphatic rings. The minimum Gasteiger partial charge on any atom is -0.460 e. The van der Waals surface area contributed by atoms with E-state index in [1.165, 1.54) is 38.1 Å². The van der Waals surface area contributed by atoms with Crippen molar-refractivity contribution in [3.63, 3.8) is 0 Å². The van der Waals surface area contributed by atoms with E-state index >= 15 is 0 Å². The van der Waals surface area contributed by atoms with Crippen molar-refractivity contribution >= 4 is 41.7 Å². The summed E-state index contributed by atoms with van der Waals surface area (Å²) in [5, 5.41) is 21.0. The molecule has 0 heterocycles. The summed E-state index contributed by atoms with van der Waals surface area (Å²) in [6, 6.07) is 4.04. The molecule has 348 valence electrons. The third kappa shape index (κ3) is 23.6. The molecule has 0 spiro atoms. The zero-order valence-corrected chi connectivity index (χ0v) is 35.7. The first-order valence-corrected chi connectivity index (χ1v) is 19.4. The molecule has 1 rings (SSSR count). The highest BCUT2D eigenvalue weighted by Crippen LogP contribution is 2.23. The number of carbonyl (C=O) groups is 7. The molecule has 62 heavy (non-hydrogen) atoms. The molecule has 0 aromatic heterocycles. The Kier molecular flexibility index (Phi) is 23.4. The average Bonchev–Trinajstić information content (AvgIpc) is 3.16. The summed E-state index contributed by atoms with van der Waals surface area (Å²) < 4.78 is 31.3. The highest BCUT2D eigenvalue weighted by molar-refractivity contribution is 5.88. The SMILES string of the molecule is CC(OC(=O)C(Cc1ccc(OC(=O)C(C)OC(=O)C(C)O[N+](=O)[O-])cc1)NC(=O)COC(=O)CON)C(=O)OC(C)(C)CCCCCC(=O)OC(C)(C)CCCCO[N+](=O)[O-]. The quantitative estimate of drug-likeness (QED) is 0.0280. The highest BCUT2D eigenvalue weighted by Gasteiger charge is 2.32. The summed E-state index contributed by atoms with van der Waals surface area (Å²) in [5.41, 5.74) is -1.37. The summed E-state index contributed by atoms with van der Waals surface area (Å²) in [6.45, 7) is 8.83. The summed E-state index contributed by atoms with van der Waals surface area (Å²) in [7, 11) is 0. The molecule has 1 amide bonds. The van der Waals surface area contributed by atoms with Gasteiger partial charge in [0, 0.05) is 12.8 Å². The Morgan fingerprint density at radius 2 is 1.27 bits per heavy atom. The third-order valence-electron chi connectivity index (χ3n) is 8.39. The number of rotatable bonds is 30. The number of ether oxygens (including phenoxy) is 6. The summed E-state index contributed by atoms with van der Waals surface area (Å²) in [6.07, 6.45) is -1.000. The van der Waals surface area contributed by atoms with E-state index < -0.39 is 94.7 Å². The second-order valence-corrected chi connectivity index (χ2v) is 15.0. The van der Waals surface area contributed by atoms with Crippen molar-refractivity contribution in [2.75, 3.05) is 19.8 Å². The first-order valence-electron chi connectivity index (χ1n) is 19.4. The standard InChI is InChI=1S/C38H56N4O20/c1-24(57-34(47)26(3)62-42(52)53)33(46)59-28-16-14-27(15-17-28)21-29(40-30(43)22-54-32(45)23-55-39)36(49)58-25(2)35(48)61-38(6,7)18-10-8-9-13-31(44)60-37(4,5)19-11-12-20-56-41(50)51/h14-17,24-26,29H,8-13,18-23,39H2,1-7H3,(H,40,43). The van der Waals surface area contributed by atoms with Crippen LogP contribution in [0.4, 0.5) is 0 Å². The number of carbonyl (C=O) groups excluding carboxylic acids is 7. The zero-order valence-electron chi connectivity index (χ0n) is 35.7. The molecule has 0 saturated carbocycles. The molecule has 0 fully saturated rings. The van der Waals surface area contributed by atoms with Crippen molar-refractivity contribution in [3.05, 3.63) is 50.1 Å². The third-order valence-corrected chi connectivity index (χ3v) is 8.39. The van der Waals surface area contributed by atoms with Crippen molar-refractivity contribution in [1.82, 2.24) is 5.32 Å². The number of benzene rings is 1. The number of hydrogen-bond donors (Lipinski definition) is 2.